The molecule has 0 amide bonds. The number of aliphatic carboxylic acids is 1. The molecule has 1 spiro atoms. The van der Waals surface area contributed by atoms with Crippen LogP contribution < -0.4 is 4.72 Å². The van der Waals surface area contributed by atoms with E-state index in [1.165, 1.54) is 12.1 Å². The Hall–Kier alpha value is -1.68. The second kappa shape index (κ2) is 6.56. The van der Waals surface area contributed by atoms with Crippen LogP contribution in [0.25, 0.3) is 0 Å². The van der Waals surface area contributed by atoms with Gasteiger partial charge in [-0.25, -0.2) is 17.6 Å². The quantitative estimate of drug-likeness (QED) is 0.815. The molecule has 7 nitrogen and oxygen atoms in total. The third-order valence-corrected chi connectivity index (χ3v) is 6.08. The van der Waals surface area contributed by atoms with Crippen LogP contribution in [0.2, 0.25) is 5.02 Å². The highest BCUT2D eigenvalue weighted by atomic mass is 35.5. The largest absolute Gasteiger partial charge is 0.478 e. The molecule has 1 heterocycles. The molecule has 1 saturated heterocycles. The highest BCUT2D eigenvalue weighted by Gasteiger charge is 2.48. The number of carboxylic acid groups (broad SMARTS) is 1. The average molecular weight is 392 g/mol. The smallest absolute Gasteiger partial charge is 0.332 e. The number of rotatable bonds is 4. The molecule has 1 aliphatic heterocycles. The minimum absolute atomic E-state index is 0.0410. The Kier molecular flexibility index (Phi) is 4.76. The normalized spacial score (nSPS) is 22.6. The summed E-state index contributed by atoms with van der Waals surface area (Å²) in [4.78, 5) is 11.5. The van der Waals surface area contributed by atoms with Gasteiger partial charge in [0, 0.05) is 12.8 Å². The van der Waals surface area contributed by atoms with E-state index >= 15 is 0 Å². The van der Waals surface area contributed by atoms with Crippen LogP contribution in [-0.2, 0) is 24.3 Å². The zero-order valence-electron chi connectivity index (χ0n) is 12.9. The highest BCUT2D eigenvalue weighted by Crippen LogP contribution is 2.39. The first-order valence-electron chi connectivity index (χ1n) is 7.40. The molecule has 1 aromatic carbocycles. The van der Waals surface area contributed by atoms with Gasteiger partial charge in [0.05, 0.1) is 29.5 Å². The van der Waals surface area contributed by atoms with Crippen molar-refractivity contribution in [1.82, 2.24) is 0 Å². The fourth-order valence-corrected chi connectivity index (χ4v) is 4.81. The Bertz CT molecular complexity index is 834. The van der Waals surface area contributed by atoms with E-state index in [0.717, 1.165) is 12.1 Å². The summed E-state index contributed by atoms with van der Waals surface area (Å²) in [5.41, 5.74) is -0.309. The standard InChI is InChI=1S/C15H15ClFNO6S/c16-11-7-9(17)1-2-12(11)18-25(21,22)13-8-15(23-5-6-24-15)4-3-10(13)14(19)20/h1-3,7,13,18H,4-6,8H2,(H,19,20). The first-order chi connectivity index (χ1) is 11.7. The summed E-state index contributed by atoms with van der Waals surface area (Å²) >= 11 is 5.85. The second-order valence-corrected chi connectivity index (χ2v) is 8.01. The van der Waals surface area contributed by atoms with Gasteiger partial charge >= 0.3 is 5.97 Å². The number of sulfonamides is 1. The van der Waals surface area contributed by atoms with Crippen molar-refractivity contribution in [2.75, 3.05) is 17.9 Å². The molecular weight excluding hydrogens is 377 g/mol. The molecule has 3 rings (SSSR count). The maximum Gasteiger partial charge on any atom is 0.332 e. The summed E-state index contributed by atoms with van der Waals surface area (Å²) in [5, 5.41) is 7.80. The molecule has 1 atom stereocenters. The number of hydrogen-bond donors (Lipinski definition) is 2. The topological polar surface area (TPSA) is 102 Å². The molecule has 1 aromatic rings. The lowest BCUT2D eigenvalue weighted by atomic mass is 9.93. The van der Waals surface area contributed by atoms with E-state index < -0.39 is 32.8 Å². The van der Waals surface area contributed by atoms with Gasteiger partial charge in [-0.3, -0.25) is 4.72 Å². The van der Waals surface area contributed by atoms with E-state index in [2.05, 4.69) is 4.72 Å². The lowest BCUT2D eigenvalue weighted by Gasteiger charge is -2.34. The zero-order chi connectivity index (χ0) is 18.2. The molecule has 0 saturated carbocycles. The number of carboxylic acids is 1. The molecule has 1 fully saturated rings. The number of carbonyl (C=O) groups is 1. The lowest BCUT2D eigenvalue weighted by molar-refractivity contribution is -0.161. The Labute approximate surface area is 148 Å². The summed E-state index contributed by atoms with van der Waals surface area (Å²) < 4.78 is 51.9. The van der Waals surface area contributed by atoms with Crippen LogP contribution >= 0.6 is 11.6 Å². The molecule has 0 radical (unpaired) electrons. The van der Waals surface area contributed by atoms with Crippen LogP contribution in [0.4, 0.5) is 10.1 Å². The first kappa shape index (κ1) is 18.1. The minimum atomic E-state index is -4.20. The van der Waals surface area contributed by atoms with Crippen molar-refractivity contribution in [3.8, 4) is 0 Å². The molecule has 0 aromatic heterocycles. The first-order valence-corrected chi connectivity index (χ1v) is 9.33. The summed E-state index contributed by atoms with van der Waals surface area (Å²) in [6.07, 6.45) is 1.28. The Morgan fingerprint density at radius 2 is 2.04 bits per heavy atom. The van der Waals surface area contributed by atoms with Gasteiger partial charge in [-0.2, -0.15) is 0 Å². The summed E-state index contributed by atoms with van der Waals surface area (Å²) in [6.45, 7) is 0.612. The van der Waals surface area contributed by atoms with Crippen molar-refractivity contribution < 1.29 is 32.2 Å². The summed E-state index contributed by atoms with van der Waals surface area (Å²) in [7, 11) is -4.20. The maximum absolute atomic E-state index is 13.1. The van der Waals surface area contributed by atoms with Crippen LogP contribution in [-0.4, -0.2) is 43.7 Å². The molecular formula is C15H15ClFNO6S. The molecule has 1 aliphatic carbocycles. The lowest BCUT2D eigenvalue weighted by Crippen LogP contribution is -2.44. The molecule has 2 N–H and O–H groups in total. The highest BCUT2D eigenvalue weighted by molar-refractivity contribution is 7.93. The van der Waals surface area contributed by atoms with E-state index in [1.807, 2.05) is 0 Å². The van der Waals surface area contributed by atoms with Crippen molar-refractivity contribution in [1.29, 1.82) is 0 Å². The minimum Gasteiger partial charge on any atom is -0.478 e. The number of anilines is 1. The van der Waals surface area contributed by atoms with E-state index in [1.54, 1.807) is 0 Å². The fraction of sp³-hybridized carbons (Fsp3) is 0.400. The number of benzene rings is 1. The predicted molar refractivity (Wildman–Crippen MR) is 87.3 cm³/mol. The molecule has 10 heteroatoms. The number of nitrogens with one attached hydrogen (secondary N) is 1. The van der Waals surface area contributed by atoms with Gasteiger partial charge in [0.1, 0.15) is 11.1 Å². The van der Waals surface area contributed by atoms with Gasteiger partial charge in [-0.05, 0) is 18.2 Å². The van der Waals surface area contributed by atoms with Crippen molar-refractivity contribution in [2.24, 2.45) is 0 Å². The second-order valence-electron chi connectivity index (χ2n) is 5.74. The molecule has 136 valence electrons. The van der Waals surface area contributed by atoms with Gasteiger partial charge in [0.15, 0.2) is 5.79 Å². The van der Waals surface area contributed by atoms with Crippen molar-refractivity contribution in [2.45, 2.75) is 23.9 Å². The van der Waals surface area contributed by atoms with Crippen LogP contribution in [0.1, 0.15) is 12.8 Å². The van der Waals surface area contributed by atoms with Gasteiger partial charge in [0.2, 0.25) is 10.0 Å². The predicted octanol–water partition coefficient (Wildman–Crippen LogP) is 2.14. The maximum atomic E-state index is 13.1. The van der Waals surface area contributed by atoms with Crippen molar-refractivity contribution in [3.05, 3.63) is 40.7 Å². The Morgan fingerprint density at radius 3 is 2.64 bits per heavy atom. The van der Waals surface area contributed by atoms with Crippen molar-refractivity contribution in [3.63, 3.8) is 0 Å². The van der Waals surface area contributed by atoms with Gasteiger partial charge in [-0.1, -0.05) is 17.7 Å². The summed E-state index contributed by atoms with van der Waals surface area (Å²) in [6, 6.07) is 3.17. The molecule has 25 heavy (non-hydrogen) atoms. The zero-order valence-corrected chi connectivity index (χ0v) is 14.4. The van der Waals surface area contributed by atoms with Crippen molar-refractivity contribution >= 4 is 33.3 Å². The van der Waals surface area contributed by atoms with Gasteiger partial charge < -0.3 is 14.6 Å². The monoisotopic (exact) mass is 391 g/mol. The van der Waals surface area contributed by atoms with Crippen LogP contribution in [0.3, 0.4) is 0 Å². The molecule has 0 bridgehead atoms. The van der Waals surface area contributed by atoms with Gasteiger partial charge in [0.25, 0.3) is 0 Å². The Morgan fingerprint density at radius 1 is 1.36 bits per heavy atom. The number of halogens is 2. The number of hydrogen-bond acceptors (Lipinski definition) is 5. The summed E-state index contributed by atoms with van der Waals surface area (Å²) in [5.74, 6) is -3.11. The van der Waals surface area contributed by atoms with E-state index in [9.17, 15) is 22.7 Å². The average Bonchev–Trinajstić information content (AvgIpc) is 2.98. The molecule has 2 aliphatic rings. The third-order valence-electron chi connectivity index (χ3n) is 4.09. The fourth-order valence-electron chi connectivity index (χ4n) is 2.90. The van der Waals surface area contributed by atoms with Crippen LogP contribution in [0.5, 0.6) is 0 Å². The van der Waals surface area contributed by atoms with E-state index in [4.69, 9.17) is 21.1 Å². The number of ether oxygens (including phenoxy) is 2. The van der Waals surface area contributed by atoms with E-state index in [0.29, 0.717) is 13.2 Å². The van der Waals surface area contributed by atoms with Crippen LogP contribution in [0.15, 0.2) is 29.8 Å². The Balaban J connectivity index is 1.93. The van der Waals surface area contributed by atoms with E-state index in [-0.39, 0.29) is 29.1 Å². The molecule has 1 unspecified atom stereocenters. The SMILES string of the molecule is O=C(O)C1=CCC2(CC1S(=O)(=O)Nc1ccc(F)cc1Cl)OCCO2. The third kappa shape index (κ3) is 3.64. The van der Waals surface area contributed by atoms with Gasteiger partial charge in [-0.15, -0.1) is 0 Å². The van der Waals surface area contributed by atoms with Crippen LogP contribution in [0, 0.1) is 5.82 Å².